The molecule has 0 spiro atoms. The van der Waals surface area contributed by atoms with Crippen molar-refractivity contribution < 1.29 is 14.3 Å². The van der Waals surface area contributed by atoms with Crippen LogP contribution < -0.4 is 15.4 Å². The summed E-state index contributed by atoms with van der Waals surface area (Å²) in [5, 5.41) is 5.61. The highest BCUT2D eigenvalue weighted by atomic mass is 16.5. The molecule has 5 nitrogen and oxygen atoms in total. The van der Waals surface area contributed by atoms with Gasteiger partial charge in [0, 0.05) is 23.4 Å². The molecule has 0 aliphatic heterocycles. The largest absolute Gasteiger partial charge is 0.497 e. The van der Waals surface area contributed by atoms with Gasteiger partial charge in [-0.1, -0.05) is 13.0 Å². The average Bonchev–Trinajstić information content (AvgIpc) is 2.57. The minimum atomic E-state index is -0.216. The van der Waals surface area contributed by atoms with Crippen molar-refractivity contribution in [1.29, 1.82) is 0 Å². The fourth-order valence-corrected chi connectivity index (χ4v) is 2.06. The van der Waals surface area contributed by atoms with Gasteiger partial charge in [-0.25, -0.2) is 0 Å². The van der Waals surface area contributed by atoms with Crippen LogP contribution in [0.2, 0.25) is 0 Å². The predicted molar refractivity (Wildman–Crippen MR) is 90.9 cm³/mol. The molecule has 2 N–H and O–H groups in total. The molecule has 0 fully saturated rings. The molecule has 23 heavy (non-hydrogen) atoms. The normalized spacial score (nSPS) is 10.0. The molecule has 2 amide bonds. The molecule has 0 bridgehead atoms. The smallest absolute Gasteiger partial charge is 0.255 e. The molecule has 0 aromatic heterocycles. The summed E-state index contributed by atoms with van der Waals surface area (Å²) in [6.45, 7) is 1.96. The van der Waals surface area contributed by atoms with Crippen molar-refractivity contribution in [2.75, 3.05) is 17.7 Å². The van der Waals surface area contributed by atoms with Gasteiger partial charge in [-0.2, -0.15) is 0 Å². The van der Waals surface area contributed by atoms with Gasteiger partial charge in [0.1, 0.15) is 5.75 Å². The van der Waals surface area contributed by atoms with Gasteiger partial charge in [0.2, 0.25) is 5.91 Å². The van der Waals surface area contributed by atoms with Crippen LogP contribution in [0.15, 0.2) is 48.5 Å². The first-order valence-corrected chi connectivity index (χ1v) is 7.47. The third-order valence-electron chi connectivity index (χ3n) is 3.24. The van der Waals surface area contributed by atoms with E-state index in [-0.39, 0.29) is 11.8 Å². The molecule has 0 aliphatic rings. The van der Waals surface area contributed by atoms with Crippen LogP contribution in [0.5, 0.6) is 5.75 Å². The van der Waals surface area contributed by atoms with Crippen LogP contribution in [0.3, 0.4) is 0 Å². The Kier molecular flexibility index (Phi) is 5.74. The van der Waals surface area contributed by atoms with Crippen molar-refractivity contribution in [3.05, 3.63) is 54.1 Å². The monoisotopic (exact) mass is 312 g/mol. The van der Waals surface area contributed by atoms with Crippen molar-refractivity contribution >= 4 is 23.2 Å². The van der Waals surface area contributed by atoms with Gasteiger partial charge >= 0.3 is 0 Å². The van der Waals surface area contributed by atoms with Crippen LogP contribution in [0.25, 0.3) is 0 Å². The zero-order valence-corrected chi connectivity index (χ0v) is 13.3. The predicted octanol–water partition coefficient (Wildman–Crippen LogP) is 3.69. The van der Waals surface area contributed by atoms with E-state index >= 15 is 0 Å². The number of ether oxygens (including phenoxy) is 1. The van der Waals surface area contributed by atoms with Crippen LogP contribution >= 0.6 is 0 Å². The topological polar surface area (TPSA) is 67.4 Å². The summed E-state index contributed by atoms with van der Waals surface area (Å²) in [6, 6.07) is 14.0. The molecule has 2 rings (SSSR count). The van der Waals surface area contributed by atoms with E-state index in [1.165, 1.54) is 0 Å². The summed E-state index contributed by atoms with van der Waals surface area (Å²) < 4.78 is 5.11. The molecule has 0 aliphatic carbocycles. The van der Waals surface area contributed by atoms with Crippen LogP contribution in [-0.2, 0) is 4.79 Å². The van der Waals surface area contributed by atoms with Gasteiger partial charge in [-0.15, -0.1) is 0 Å². The molecular weight excluding hydrogens is 292 g/mol. The number of anilines is 2. The van der Waals surface area contributed by atoms with Gasteiger partial charge in [-0.3, -0.25) is 9.59 Å². The maximum atomic E-state index is 12.2. The third kappa shape index (κ3) is 4.85. The Balaban J connectivity index is 2.00. The first-order valence-electron chi connectivity index (χ1n) is 7.47. The molecule has 0 unspecified atom stereocenters. The van der Waals surface area contributed by atoms with Crippen molar-refractivity contribution in [2.45, 2.75) is 19.8 Å². The van der Waals surface area contributed by atoms with E-state index in [1.807, 2.05) is 6.92 Å². The van der Waals surface area contributed by atoms with Gasteiger partial charge in [0.15, 0.2) is 0 Å². The zero-order valence-electron chi connectivity index (χ0n) is 13.3. The Morgan fingerprint density at radius 2 is 1.65 bits per heavy atom. The van der Waals surface area contributed by atoms with Crippen molar-refractivity contribution in [1.82, 2.24) is 0 Å². The highest BCUT2D eigenvalue weighted by Crippen LogP contribution is 2.17. The number of hydrogen-bond acceptors (Lipinski definition) is 3. The van der Waals surface area contributed by atoms with Crippen LogP contribution in [0.4, 0.5) is 11.4 Å². The molecule has 2 aromatic rings. The lowest BCUT2D eigenvalue weighted by molar-refractivity contribution is -0.116. The molecule has 0 atom stereocenters. The van der Waals surface area contributed by atoms with Crippen molar-refractivity contribution in [3.8, 4) is 5.75 Å². The lowest BCUT2D eigenvalue weighted by Crippen LogP contribution is -2.12. The second-order valence-corrected chi connectivity index (χ2v) is 5.06. The van der Waals surface area contributed by atoms with E-state index in [9.17, 15) is 9.59 Å². The molecular formula is C18H20N2O3. The standard InChI is InChI=1S/C18H20N2O3/c1-3-5-17(21)19-14-8-10-15(11-9-14)20-18(22)13-6-4-7-16(12-13)23-2/h4,6-12H,3,5H2,1-2H3,(H,19,21)(H,20,22). The summed E-state index contributed by atoms with van der Waals surface area (Å²) in [4.78, 5) is 23.7. The van der Waals surface area contributed by atoms with Crippen LogP contribution in [-0.4, -0.2) is 18.9 Å². The summed E-state index contributed by atoms with van der Waals surface area (Å²) in [7, 11) is 1.56. The second kappa shape index (κ2) is 7.98. The first kappa shape index (κ1) is 16.5. The molecule has 0 radical (unpaired) electrons. The number of amides is 2. The molecule has 0 heterocycles. The number of rotatable bonds is 6. The number of nitrogens with one attached hydrogen (secondary N) is 2. The van der Waals surface area contributed by atoms with Gasteiger partial charge < -0.3 is 15.4 Å². The van der Waals surface area contributed by atoms with Gasteiger partial charge in [0.05, 0.1) is 7.11 Å². The Morgan fingerprint density at radius 1 is 1.00 bits per heavy atom. The maximum absolute atomic E-state index is 12.2. The number of carbonyl (C=O) groups is 2. The van der Waals surface area contributed by atoms with E-state index in [1.54, 1.807) is 55.6 Å². The summed E-state index contributed by atoms with van der Waals surface area (Å²) in [5.74, 6) is 0.402. The maximum Gasteiger partial charge on any atom is 0.255 e. The second-order valence-electron chi connectivity index (χ2n) is 5.06. The van der Waals surface area contributed by atoms with Crippen molar-refractivity contribution in [3.63, 3.8) is 0 Å². The SMILES string of the molecule is CCCC(=O)Nc1ccc(NC(=O)c2cccc(OC)c2)cc1. The molecule has 5 heteroatoms. The summed E-state index contributed by atoms with van der Waals surface area (Å²) >= 11 is 0. The van der Waals surface area contributed by atoms with E-state index < -0.39 is 0 Å². The molecule has 120 valence electrons. The number of carbonyl (C=O) groups excluding carboxylic acids is 2. The van der Waals surface area contributed by atoms with Gasteiger partial charge in [0.25, 0.3) is 5.91 Å². The molecule has 0 saturated carbocycles. The summed E-state index contributed by atoms with van der Waals surface area (Å²) in [6.07, 6.45) is 1.30. The lowest BCUT2D eigenvalue weighted by atomic mass is 10.2. The number of benzene rings is 2. The Bertz CT molecular complexity index is 681. The fourth-order valence-electron chi connectivity index (χ4n) is 2.06. The summed E-state index contributed by atoms with van der Waals surface area (Å²) in [5.41, 5.74) is 1.89. The Labute approximate surface area is 135 Å². The minimum absolute atomic E-state index is 0.0133. The quantitative estimate of drug-likeness (QED) is 0.855. The first-order chi connectivity index (χ1) is 11.1. The molecule has 2 aromatic carbocycles. The van der Waals surface area contributed by atoms with E-state index in [0.29, 0.717) is 29.1 Å². The minimum Gasteiger partial charge on any atom is -0.497 e. The fraction of sp³-hybridized carbons (Fsp3) is 0.222. The van der Waals surface area contributed by atoms with Crippen molar-refractivity contribution in [2.24, 2.45) is 0 Å². The van der Waals surface area contributed by atoms with Crippen LogP contribution in [0.1, 0.15) is 30.1 Å². The van der Waals surface area contributed by atoms with Crippen LogP contribution in [0, 0.1) is 0 Å². The number of hydrogen-bond donors (Lipinski definition) is 2. The zero-order chi connectivity index (χ0) is 16.7. The lowest BCUT2D eigenvalue weighted by Gasteiger charge is -2.08. The molecule has 0 saturated heterocycles. The van der Waals surface area contributed by atoms with Gasteiger partial charge in [-0.05, 0) is 48.9 Å². The number of methoxy groups -OCH3 is 1. The third-order valence-corrected chi connectivity index (χ3v) is 3.24. The van der Waals surface area contributed by atoms with E-state index in [0.717, 1.165) is 6.42 Å². The Hall–Kier alpha value is -2.82. The van der Waals surface area contributed by atoms with E-state index in [4.69, 9.17) is 4.74 Å². The highest BCUT2D eigenvalue weighted by Gasteiger charge is 2.07. The highest BCUT2D eigenvalue weighted by molar-refractivity contribution is 6.04. The average molecular weight is 312 g/mol. The Morgan fingerprint density at radius 3 is 2.26 bits per heavy atom. The van der Waals surface area contributed by atoms with E-state index in [2.05, 4.69) is 10.6 Å².